The number of aliphatic imine (C=N–C) groups is 1. The summed E-state index contributed by atoms with van der Waals surface area (Å²) in [7, 11) is 9.68. The second kappa shape index (κ2) is 9.96. The highest BCUT2D eigenvalue weighted by Crippen LogP contribution is 2.32. The molecule has 0 saturated heterocycles. The average molecular weight is 447 g/mol. The zero-order valence-corrected chi connectivity index (χ0v) is 17.7. The Morgan fingerprint density at radius 3 is 2.25 bits per heavy atom. The summed E-state index contributed by atoms with van der Waals surface area (Å²) in [6.45, 7) is 0.617. The summed E-state index contributed by atoms with van der Waals surface area (Å²) in [5.41, 5.74) is 1.11. The second-order valence-corrected chi connectivity index (χ2v) is 6.41. The van der Waals surface area contributed by atoms with Crippen LogP contribution in [0.25, 0.3) is 0 Å². The van der Waals surface area contributed by atoms with Crippen LogP contribution in [0.2, 0.25) is 0 Å². The fourth-order valence-electron chi connectivity index (χ4n) is 2.94. The summed E-state index contributed by atoms with van der Waals surface area (Å²) in [5.74, 6) is 2.57. The number of ether oxygens (including phenoxy) is 2. The molecule has 24 heavy (non-hydrogen) atoms. The van der Waals surface area contributed by atoms with E-state index in [1.54, 1.807) is 7.11 Å². The lowest BCUT2D eigenvalue weighted by Crippen LogP contribution is -2.35. The zero-order chi connectivity index (χ0) is 16.8. The second-order valence-electron chi connectivity index (χ2n) is 6.41. The molecule has 1 aromatic rings. The number of rotatable bonds is 5. The van der Waals surface area contributed by atoms with Crippen molar-refractivity contribution in [1.29, 1.82) is 0 Å². The first-order valence-electron chi connectivity index (χ1n) is 8.24. The first-order valence-corrected chi connectivity index (χ1v) is 8.24. The van der Waals surface area contributed by atoms with Crippen LogP contribution in [0.15, 0.2) is 23.2 Å². The molecular weight excluding hydrogens is 417 g/mol. The summed E-state index contributed by atoms with van der Waals surface area (Å²) in [5, 5.41) is 0. The van der Waals surface area contributed by atoms with Crippen LogP contribution in [0.4, 0.5) is 0 Å². The van der Waals surface area contributed by atoms with Gasteiger partial charge in [-0.1, -0.05) is 6.07 Å². The summed E-state index contributed by atoms with van der Waals surface area (Å²) in [6, 6.07) is 6.10. The Hall–Kier alpha value is -1.18. The van der Waals surface area contributed by atoms with Gasteiger partial charge >= 0.3 is 0 Å². The molecule has 0 N–H and O–H groups in total. The molecule has 0 atom stereocenters. The van der Waals surface area contributed by atoms with Gasteiger partial charge in [-0.2, -0.15) is 0 Å². The van der Waals surface area contributed by atoms with Crippen LogP contribution in [0, 0.1) is 0 Å². The molecule has 136 valence electrons. The van der Waals surface area contributed by atoms with Crippen LogP contribution >= 0.6 is 24.0 Å². The van der Waals surface area contributed by atoms with Gasteiger partial charge in [0.05, 0.1) is 19.8 Å². The van der Waals surface area contributed by atoms with E-state index in [9.17, 15) is 0 Å². The molecule has 0 spiro atoms. The maximum absolute atomic E-state index is 6.08. The number of guanidine groups is 1. The van der Waals surface area contributed by atoms with Crippen LogP contribution in [0.5, 0.6) is 11.5 Å². The Morgan fingerprint density at radius 2 is 1.71 bits per heavy atom. The van der Waals surface area contributed by atoms with Crippen molar-refractivity contribution in [2.24, 2.45) is 4.99 Å². The lowest BCUT2D eigenvalue weighted by molar-refractivity contribution is 0.200. The van der Waals surface area contributed by atoms with Crippen molar-refractivity contribution in [1.82, 2.24) is 9.80 Å². The van der Waals surface area contributed by atoms with Crippen molar-refractivity contribution >= 4 is 29.9 Å². The monoisotopic (exact) mass is 447 g/mol. The van der Waals surface area contributed by atoms with Gasteiger partial charge in [0.2, 0.25) is 0 Å². The highest BCUT2D eigenvalue weighted by Gasteiger charge is 2.18. The molecule has 2 rings (SSSR count). The number of halogens is 1. The van der Waals surface area contributed by atoms with Gasteiger partial charge in [-0.25, -0.2) is 4.99 Å². The van der Waals surface area contributed by atoms with Crippen molar-refractivity contribution in [2.75, 3.05) is 35.3 Å². The average Bonchev–Trinajstić information content (AvgIpc) is 3.01. The van der Waals surface area contributed by atoms with Crippen molar-refractivity contribution in [3.8, 4) is 11.5 Å². The molecule has 0 bridgehead atoms. The van der Waals surface area contributed by atoms with E-state index < -0.39 is 0 Å². The van der Waals surface area contributed by atoms with Gasteiger partial charge in [0, 0.05) is 28.2 Å². The van der Waals surface area contributed by atoms with Gasteiger partial charge in [0.25, 0.3) is 0 Å². The predicted octanol–water partition coefficient (Wildman–Crippen LogP) is 3.61. The van der Waals surface area contributed by atoms with Crippen molar-refractivity contribution in [3.63, 3.8) is 0 Å². The van der Waals surface area contributed by atoms with Gasteiger partial charge in [-0.15, -0.1) is 24.0 Å². The van der Waals surface area contributed by atoms with E-state index in [-0.39, 0.29) is 24.0 Å². The third kappa shape index (κ3) is 5.72. The normalized spacial score (nSPS) is 13.9. The molecule has 0 unspecified atom stereocenters. The Labute approximate surface area is 163 Å². The summed E-state index contributed by atoms with van der Waals surface area (Å²) >= 11 is 0. The molecule has 1 saturated carbocycles. The van der Waals surface area contributed by atoms with Gasteiger partial charge in [-0.3, -0.25) is 0 Å². The molecule has 1 aromatic carbocycles. The molecule has 1 fully saturated rings. The lowest BCUT2D eigenvalue weighted by Gasteiger charge is -2.22. The minimum absolute atomic E-state index is 0. The first-order chi connectivity index (χ1) is 11.0. The van der Waals surface area contributed by atoms with Gasteiger partial charge < -0.3 is 19.3 Å². The quantitative estimate of drug-likeness (QED) is 0.393. The molecule has 6 heteroatoms. The Kier molecular flexibility index (Phi) is 8.66. The topological polar surface area (TPSA) is 37.3 Å². The van der Waals surface area contributed by atoms with E-state index in [4.69, 9.17) is 9.47 Å². The molecule has 0 heterocycles. The predicted molar refractivity (Wildman–Crippen MR) is 110 cm³/mol. The first kappa shape index (κ1) is 20.9. The molecule has 1 aliphatic rings. The molecule has 0 aromatic heterocycles. The fraction of sp³-hybridized carbons (Fsp3) is 0.611. The van der Waals surface area contributed by atoms with Gasteiger partial charge in [0.15, 0.2) is 17.5 Å². The standard InChI is InChI=1S/C18H29N3O2.HI/c1-20(2)18(21(3)4)19-13-14-10-11-16(17(12-14)22-5)23-15-8-6-7-9-15;/h10-12,15H,6-9,13H2,1-5H3;1H. The maximum Gasteiger partial charge on any atom is 0.195 e. The Bertz CT molecular complexity index is 531. The molecule has 5 nitrogen and oxygen atoms in total. The number of nitrogens with zero attached hydrogens (tertiary/aromatic N) is 3. The molecule has 0 amide bonds. The van der Waals surface area contributed by atoms with Crippen LogP contribution in [-0.2, 0) is 6.54 Å². The Morgan fingerprint density at radius 1 is 1.08 bits per heavy atom. The van der Waals surface area contributed by atoms with E-state index in [2.05, 4.69) is 11.1 Å². The minimum Gasteiger partial charge on any atom is -0.493 e. The molecule has 0 aliphatic heterocycles. The van der Waals surface area contributed by atoms with Crippen LogP contribution in [0.3, 0.4) is 0 Å². The Balaban J connectivity index is 0.00000288. The number of methoxy groups -OCH3 is 1. The minimum atomic E-state index is 0. The van der Waals surface area contributed by atoms with Crippen molar-refractivity contribution in [2.45, 2.75) is 38.3 Å². The third-order valence-electron chi connectivity index (χ3n) is 4.03. The third-order valence-corrected chi connectivity index (χ3v) is 4.03. The van der Waals surface area contributed by atoms with E-state index in [0.29, 0.717) is 12.6 Å². The lowest BCUT2D eigenvalue weighted by atomic mass is 10.2. The summed E-state index contributed by atoms with van der Waals surface area (Å²) in [6.07, 6.45) is 5.14. The summed E-state index contributed by atoms with van der Waals surface area (Å²) in [4.78, 5) is 8.69. The van der Waals surface area contributed by atoms with Crippen molar-refractivity contribution < 1.29 is 9.47 Å². The van der Waals surface area contributed by atoms with Crippen molar-refractivity contribution in [3.05, 3.63) is 23.8 Å². The van der Waals surface area contributed by atoms with E-state index in [1.807, 2.05) is 50.1 Å². The number of hydrogen-bond donors (Lipinski definition) is 0. The highest BCUT2D eigenvalue weighted by atomic mass is 127. The van der Waals surface area contributed by atoms with E-state index in [0.717, 1.165) is 35.9 Å². The van der Waals surface area contributed by atoms with E-state index >= 15 is 0 Å². The number of benzene rings is 1. The zero-order valence-electron chi connectivity index (χ0n) is 15.4. The molecule has 0 radical (unpaired) electrons. The van der Waals surface area contributed by atoms with Crippen LogP contribution in [0.1, 0.15) is 31.2 Å². The highest BCUT2D eigenvalue weighted by molar-refractivity contribution is 14.0. The maximum atomic E-state index is 6.08. The van der Waals surface area contributed by atoms with Crippen LogP contribution in [-0.4, -0.2) is 57.2 Å². The smallest absolute Gasteiger partial charge is 0.195 e. The molecular formula is C18H30IN3O2. The SMILES string of the molecule is COc1cc(CN=C(N(C)C)N(C)C)ccc1OC1CCCC1.I. The van der Waals surface area contributed by atoms with Gasteiger partial charge in [-0.05, 0) is 43.4 Å². The molecule has 1 aliphatic carbocycles. The summed E-state index contributed by atoms with van der Waals surface area (Å²) < 4.78 is 11.6. The van der Waals surface area contributed by atoms with E-state index in [1.165, 1.54) is 12.8 Å². The van der Waals surface area contributed by atoms with Crippen LogP contribution < -0.4 is 9.47 Å². The largest absolute Gasteiger partial charge is 0.493 e. The van der Waals surface area contributed by atoms with Gasteiger partial charge in [0.1, 0.15) is 0 Å². The fourth-order valence-corrected chi connectivity index (χ4v) is 2.94. The number of hydrogen-bond acceptors (Lipinski definition) is 3.